The first-order valence-electron chi connectivity index (χ1n) is 11.3. The second-order valence-corrected chi connectivity index (χ2v) is 8.52. The number of carbonyl (C=O) groups is 1. The molecule has 1 unspecified atom stereocenters. The van der Waals surface area contributed by atoms with Crippen molar-refractivity contribution in [2.45, 2.75) is 59.0 Å². The number of carbonyl (C=O) groups excluding carboxylic acids is 1. The fourth-order valence-corrected chi connectivity index (χ4v) is 4.43. The van der Waals surface area contributed by atoms with Crippen LogP contribution in [0.4, 0.5) is 5.69 Å². The number of fused-ring (bicyclic) bond motifs is 2. The van der Waals surface area contributed by atoms with Gasteiger partial charge < -0.3 is 10.1 Å². The molecule has 0 saturated heterocycles. The number of hydrogen-bond donors (Lipinski definition) is 1. The fourth-order valence-electron chi connectivity index (χ4n) is 4.43. The topological polar surface area (TPSA) is 38.3 Å². The van der Waals surface area contributed by atoms with Gasteiger partial charge in [-0.15, -0.1) is 0 Å². The third-order valence-electron chi connectivity index (χ3n) is 6.27. The summed E-state index contributed by atoms with van der Waals surface area (Å²) in [6.45, 7) is 9.08. The third kappa shape index (κ3) is 4.10. The molecule has 3 heteroatoms. The minimum Gasteiger partial charge on any atom is -0.489 e. The van der Waals surface area contributed by atoms with Gasteiger partial charge in [-0.1, -0.05) is 82.3 Å². The number of anilines is 1. The number of benzene rings is 3. The van der Waals surface area contributed by atoms with Crippen molar-refractivity contribution in [3.05, 3.63) is 94.0 Å². The number of nitrogens with one attached hydrogen (secondary N) is 1. The van der Waals surface area contributed by atoms with Crippen LogP contribution in [0.5, 0.6) is 5.75 Å². The van der Waals surface area contributed by atoms with E-state index in [1.54, 1.807) is 0 Å². The first kappa shape index (κ1) is 21.2. The predicted molar refractivity (Wildman–Crippen MR) is 127 cm³/mol. The Balaban J connectivity index is 1.84. The van der Waals surface area contributed by atoms with E-state index in [-0.39, 0.29) is 5.91 Å². The Hall–Kier alpha value is -3.07. The van der Waals surface area contributed by atoms with E-state index in [9.17, 15) is 4.79 Å². The van der Waals surface area contributed by atoms with Crippen LogP contribution in [0, 0.1) is 0 Å². The fraction of sp³-hybridized carbons (Fsp3) is 0.321. The summed E-state index contributed by atoms with van der Waals surface area (Å²) in [5.74, 6) is 0.748. The normalized spacial score (nSPS) is 14.9. The lowest BCUT2D eigenvalue weighted by Gasteiger charge is -2.22. The molecule has 160 valence electrons. The van der Waals surface area contributed by atoms with Crippen LogP contribution in [0.3, 0.4) is 0 Å². The first-order chi connectivity index (χ1) is 15.0. The molecule has 1 N–H and O–H groups in total. The summed E-state index contributed by atoms with van der Waals surface area (Å²) in [7, 11) is 0. The molecule has 0 aliphatic carbocycles. The Morgan fingerprint density at radius 2 is 1.68 bits per heavy atom. The van der Waals surface area contributed by atoms with Crippen molar-refractivity contribution >= 4 is 11.6 Å². The van der Waals surface area contributed by atoms with Crippen LogP contribution in [-0.2, 0) is 24.2 Å². The smallest absolute Gasteiger partial charge is 0.236 e. The Bertz CT molecular complexity index is 1080. The highest BCUT2D eigenvalue weighted by Gasteiger charge is 2.31. The van der Waals surface area contributed by atoms with E-state index in [4.69, 9.17) is 4.74 Å². The quantitative estimate of drug-likeness (QED) is 0.512. The molecule has 0 fully saturated rings. The Kier molecular flexibility index (Phi) is 6.13. The monoisotopic (exact) mass is 413 g/mol. The highest BCUT2D eigenvalue weighted by Crippen LogP contribution is 2.40. The lowest BCUT2D eigenvalue weighted by Crippen LogP contribution is -2.24. The number of hydrogen-bond acceptors (Lipinski definition) is 2. The van der Waals surface area contributed by atoms with Crippen LogP contribution in [0.15, 0.2) is 60.7 Å². The van der Waals surface area contributed by atoms with Gasteiger partial charge in [0.1, 0.15) is 12.4 Å². The van der Waals surface area contributed by atoms with Gasteiger partial charge in [-0.25, -0.2) is 0 Å². The minimum atomic E-state index is -0.415. The maximum absolute atomic E-state index is 13.9. The Morgan fingerprint density at radius 3 is 2.35 bits per heavy atom. The van der Waals surface area contributed by atoms with Crippen LogP contribution in [0.2, 0.25) is 0 Å². The largest absolute Gasteiger partial charge is 0.489 e. The summed E-state index contributed by atoms with van der Waals surface area (Å²) in [4.78, 5) is 13.9. The summed E-state index contributed by atoms with van der Waals surface area (Å²) in [6.07, 6.45) is 1.75. The lowest BCUT2D eigenvalue weighted by atomic mass is 9.85. The van der Waals surface area contributed by atoms with Crippen LogP contribution in [0.25, 0.3) is 0 Å². The van der Waals surface area contributed by atoms with Crippen LogP contribution in [-0.4, -0.2) is 5.91 Å². The van der Waals surface area contributed by atoms with E-state index in [0.29, 0.717) is 12.5 Å². The molecule has 0 saturated carbocycles. The molecule has 3 aromatic carbocycles. The maximum Gasteiger partial charge on any atom is 0.236 e. The molecule has 3 aromatic rings. The van der Waals surface area contributed by atoms with Gasteiger partial charge in [-0.3, -0.25) is 4.79 Å². The molecule has 0 bridgehead atoms. The van der Waals surface area contributed by atoms with Gasteiger partial charge in [0.05, 0.1) is 5.92 Å². The molecule has 0 radical (unpaired) electrons. The highest BCUT2D eigenvalue weighted by atomic mass is 16.5. The van der Waals surface area contributed by atoms with Crippen molar-refractivity contribution in [3.8, 4) is 5.75 Å². The van der Waals surface area contributed by atoms with Crippen molar-refractivity contribution in [2.24, 2.45) is 0 Å². The average Bonchev–Trinajstić information content (AvgIpc) is 2.95. The van der Waals surface area contributed by atoms with Crippen molar-refractivity contribution in [1.29, 1.82) is 0 Å². The standard InChI is InChI=1S/C28H31NO2/c1-5-19-11-9-12-20(6-2)27(19)29-28(30)26-23-13-8-7-10-22(23)17-31-25-15-14-21(18(3)4)16-24(25)26/h7-16,18,26H,5-6,17H2,1-4H3,(H,29,30). The molecule has 31 heavy (non-hydrogen) atoms. The zero-order chi connectivity index (χ0) is 22.0. The van der Waals surface area contributed by atoms with E-state index >= 15 is 0 Å². The molecule has 1 atom stereocenters. The molecule has 4 rings (SSSR count). The van der Waals surface area contributed by atoms with E-state index < -0.39 is 5.92 Å². The van der Waals surface area contributed by atoms with Gasteiger partial charge >= 0.3 is 0 Å². The van der Waals surface area contributed by atoms with Crippen molar-refractivity contribution < 1.29 is 9.53 Å². The number of amides is 1. The number of ether oxygens (including phenoxy) is 1. The zero-order valence-corrected chi connectivity index (χ0v) is 18.9. The van der Waals surface area contributed by atoms with Crippen LogP contribution < -0.4 is 10.1 Å². The van der Waals surface area contributed by atoms with E-state index in [0.717, 1.165) is 41.0 Å². The molecule has 0 aromatic heterocycles. The molecular formula is C28H31NO2. The third-order valence-corrected chi connectivity index (χ3v) is 6.27. The van der Waals surface area contributed by atoms with Crippen molar-refractivity contribution in [1.82, 2.24) is 0 Å². The van der Waals surface area contributed by atoms with Crippen LogP contribution in [0.1, 0.15) is 72.9 Å². The Labute approximate surface area is 185 Å². The maximum atomic E-state index is 13.9. The molecule has 1 heterocycles. The molecule has 0 spiro atoms. The Morgan fingerprint density at radius 1 is 0.968 bits per heavy atom. The van der Waals surface area contributed by atoms with Crippen molar-refractivity contribution in [3.63, 3.8) is 0 Å². The first-order valence-corrected chi connectivity index (χ1v) is 11.3. The molecular weight excluding hydrogens is 382 g/mol. The second kappa shape index (κ2) is 8.97. The van der Waals surface area contributed by atoms with Crippen LogP contribution >= 0.6 is 0 Å². The van der Waals surface area contributed by atoms with Crippen molar-refractivity contribution in [2.75, 3.05) is 5.32 Å². The number of para-hydroxylation sites is 1. The molecule has 3 nitrogen and oxygen atoms in total. The van der Waals surface area contributed by atoms with Gasteiger partial charge in [0, 0.05) is 11.3 Å². The summed E-state index contributed by atoms with van der Waals surface area (Å²) in [5.41, 5.74) is 7.53. The van der Waals surface area contributed by atoms with Gasteiger partial charge in [0.25, 0.3) is 0 Å². The SMILES string of the molecule is CCc1cccc(CC)c1NC(=O)C1c2ccccc2COc2ccc(C(C)C)cc21. The minimum absolute atomic E-state index is 0.00398. The predicted octanol–water partition coefficient (Wildman–Crippen LogP) is 6.60. The average molecular weight is 414 g/mol. The number of rotatable bonds is 5. The van der Waals surface area contributed by atoms with Gasteiger partial charge in [0.2, 0.25) is 5.91 Å². The van der Waals surface area contributed by atoms with E-state index in [1.165, 1.54) is 16.7 Å². The zero-order valence-electron chi connectivity index (χ0n) is 18.9. The molecule has 1 amide bonds. The second-order valence-electron chi connectivity index (χ2n) is 8.52. The molecule has 1 aliphatic heterocycles. The van der Waals surface area contributed by atoms with Gasteiger partial charge in [-0.05, 0) is 52.6 Å². The summed E-state index contributed by atoms with van der Waals surface area (Å²) in [5, 5.41) is 3.31. The summed E-state index contributed by atoms with van der Waals surface area (Å²) >= 11 is 0. The van der Waals surface area contributed by atoms with Gasteiger partial charge in [-0.2, -0.15) is 0 Å². The highest BCUT2D eigenvalue weighted by molar-refractivity contribution is 6.00. The number of aryl methyl sites for hydroxylation is 2. The molecule has 1 aliphatic rings. The van der Waals surface area contributed by atoms with E-state index in [2.05, 4.69) is 75.5 Å². The summed E-state index contributed by atoms with van der Waals surface area (Å²) < 4.78 is 6.15. The van der Waals surface area contributed by atoms with E-state index in [1.807, 2.05) is 18.2 Å². The lowest BCUT2D eigenvalue weighted by molar-refractivity contribution is -0.116. The van der Waals surface area contributed by atoms with Gasteiger partial charge in [0.15, 0.2) is 0 Å². The summed E-state index contributed by atoms with van der Waals surface area (Å²) in [6, 6.07) is 20.7.